The van der Waals surface area contributed by atoms with Crippen LogP contribution in [0.25, 0.3) is 21.8 Å². The fourth-order valence-corrected chi connectivity index (χ4v) is 4.89. The lowest BCUT2D eigenvalue weighted by molar-refractivity contribution is 1.20. The van der Waals surface area contributed by atoms with Gasteiger partial charge in [0.2, 0.25) is 0 Å². The summed E-state index contributed by atoms with van der Waals surface area (Å²) in [5.41, 5.74) is 3.48. The fraction of sp³-hybridized carbons (Fsp3) is 0.118. The van der Waals surface area contributed by atoms with Crippen molar-refractivity contribution in [2.24, 2.45) is 0 Å². The maximum absolute atomic E-state index is 6.19. The van der Waals surface area contributed by atoms with Gasteiger partial charge in [-0.3, -0.25) is 0 Å². The molecule has 3 aromatic rings. The molecule has 2 heterocycles. The lowest BCUT2D eigenvalue weighted by Gasteiger charge is -2.04. The van der Waals surface area contributed by atoms with Crippen molar-refractivity contribution in [2.45, 2.75) is 11.3 Å². The van der Waals surface area contributed by atoms with Crippen LogP contribution in [-0.2, 0) is 6.42 Å². The van der Waals surface area contributed by atoms with Gasteiger partial charge < -0.3 is 0 Å². The van der Waals surface area contributed by atoms with Crippen molar-refractivity contribution in [3.05, 3.63) is 58.4 Å². The second kappa shape index (κ2) is 5.48. The summed E-state index contributed by atoms with van der Waals surface area (Å²) in [6.45, 7) is 0. The van der Waals surface area contributed by atoms with E-state index in [9.17, 15) is 0 Å². The first-order valence-corrected chi connectivity index (χ1v) is 8.97. The van der Waals surface area contributed by atoms with E-state index < -0.39 is 0 Å². The Morgan fingerprint density at radius 1 is 1.05 bits per heavy atom. The molecule has 1 aliphatic heterocycles. The Labute approximate surface area is 137 Å². The third-order valence-electron chi connectivity index (χ3n) is 3.50. The van der Waals surface area contributed by atoms with Gasteiger partial charge in [-0.25, -0.2) is 4.98 Å². The third-order valence-corrected chi connectivity index (χ3v) is 5.98. The highest BCUT2D eigenvalue weighted by Gasteiger charge is 2.20. The average molecular weight is 330 g/mol. The Hall–Kier alpha value is -1.29. The van der Waals surface area contributed by atoms with E-state index in [1.54, 1.807) is 11.3 Å². The van der Waals surface area contributed by atoms with E-state index in [4.69, 9.17) is 16.6 Å². The van der Waals surface area contributed by atoms with Gasteiger partial charge in [0.15, 0.2) is 0 Å². The largest absolute Gasteiger partial charge is 0.236 e. The van der Waals surface area contributed by atoms with Crippen molar-refractivity contribution in [1.82, 2.24) is 4.98 Å². The molecule has 4 rings (SSSR count). The number of hydrogen-bond donors (Lipinski definition) is 0. The fourth-order valence-electron chi connectivity index (χ4n) is 2.50. The normalized spacial score (nSPS) is 13.4. The molecule has 104 valence electrons. The zero-order chi connectivity index (χ0) is 14.2. The van der Waals surface area contributed by atoms with Crippen LogP contribution in [0.3, 0.4) is 0 Å². The van der Waals surface area contributed by atoms with E-state index in [-0.39, 0.29) is 0 Å². The van der Waals surface area contributed by atoms with Crippen LogP contribution < -0.4 is 0 Å². The van der Waals surface area contributed by atoms with Crippen LogP contribution >= 0.6 is 34.7 Å². The summed E-state index contributed by atoms with van der Waals surface area (Å²) in [6.07, 6.45) is 1.07. The zero-order valence-corrected chi connectivity index (χ0v) is 13.6. The van der Waals surface area contributed by atoms with E-state index in [1.165, 1.54) is 20.9 Å². The number of aromatic nitrogens is 1. The molecule has 21 heavy (non-hydrogen) atoms. The maximum atomic E-state index is 6.19. The highest BCUT2D eigenvalue weighted by Crippen LogP contribution is 2.42. The van der Waals surface area contributed by atoms with E-state index in [1.807, 2.05) is 30.0 Å². The van der Waals surface area contributed by atoms with Crippen molar-refractivity contribution in [1.29, 1.82) is 0 Å². The predicted molar refractivity (Wildman–Crippen MR) is 92.4 cm³/mol. The minimum atomic E-state index is 0.775. The van der Waals surface area contributed by atoms with Crippen LogP contribution in [0, 0.1) is 0 Å². The van der Waals surface area contributed by atoms with Gasteiger partial charge in [-0.1, -0.05) is 41.9 Å². The molecule has 0 unspecified atom stereocenters. The van der Waals surface area contributed by atoms with Crippen molar-refractivity contribution in [3.8, 4) is 21.8 Å². The molecular weight excluding hydrogens is 318 g/mol. The molecule has 0 spiro atoms. The van der Waals surface area contributed by atoms with Crippen LogP contribution in [0.4, 0.5) is 0 Å². The molecule has 0 fully saturated rings. The predicted octanol–water partition coefficient (Wildman–Crippen LogP) is 5.78. The topological polar surface area (TPSA) is 12.9 Å². The zero-order valence-electron chi connectivity index (χ0n) is 11.2. The Bertz CT molecular complexity index is 796. The molecule has 0 radical (unpaired) electrons. The van der Waals surface area contributed by atoms with Crippen molar-refractivity contribution in [3.63, 3.8) is 0 Å². The monoisotopic (exact) mass is 329 g/mol. The molecular formula is C17H12ClNS2. The first kappa shape index (κ1) is 13.4. The molecule has 1 nitrogen and oxygen atoms in total. The van der Waals surface area contributed by atoms with Crippen molar-refractivity contribution < 1.29 is 0 Å². The Kier molecular flexibility index (Phi) is 3.49. The number of aryl methyl sites for hydroxylation is 1. The minimum Gasteiger partial charge on any atom is -0.236 e. The summed E-state index contributed by atoms with van der Waals surface area (Å²) in [5, 5.41) is 1.87. The SMILES string of the molecule is Clc1ccc2c(c1)-c1nc(-c3ccccc3)sc1CCS2. The summed E-state index contributed by atoms with van der Waals surface area (Å²) < 4.78 is 0. The minimum absolute atomic E-state index is 0.775. The Morgan fingerprint density at radius 2 is 1.90 bits per heavy atom. The summed E-state index contributed by atoms with van der Waals surface area (Å²) in [4.78, 5) is 7.55. The van der Waals surface area contributed by atoms with E-state index >= 15 is 0 Å². The van der Waals surface area contributed by atoms with Gasteiger partial charge in [-0.05, 0) is 24.6 Å². The molecule has 0 N–H and O–H groups in total. The number of thioether (sulfide) groups is 1. The van der Waals surface area contributed by atoms with Crippen LogP contribution in [-0.4, -0.2) is 10.7 Å². The molecule has 2 aromatic carbocycles. The summed E-state index contributed by atoms with van der Waals surface area (Å²) in [6, 6.07) is 16.5. The molecule has 0 bridgehead atoms. The second-order valence-electron chi connectivity index (χ2n) is 4.90. The van der Waals surface area contributed by atoms with E-state index in [2.05, 4.69) is 30.3 Å². The molecule has 0 amide bonds. The van der Waals surface area contributed by atoms with Gasteiger partial charge in [0.05, 0.1) is 5.69 Å². The van der Waals surface area contributed by atoms with Crippen LogP contribution in [0.2, 0.25) is 5.02 Å². The third kappa shape index (κ3) is 2.50. The summed E-state index contributed by atoms with van der Waals surface area (Å²) in [7, 11) is 0. The molecule has 1 aliphatic rings. The number of hydrogen-bond acceptors (Lipinski definition) is 3. The first-order valence-electron chi connectivity index (χ1n) is 6.79. The van der Waals surface area contributed by atoms with Gasteiger partial charge >= 0.3 is 0 Å². The maximum Gasteiger partial charge on any atom is 0.124 e. The quantitative estimate of drug-likeness (QED) is 0.561. The lowest BCUT2D eigenvalue weighted by atomic mass is 10.1. The van der Waals surface area contributed by atoms with Crippen LogP contribution in [0.5, 0.6) is 0 Å². The number of rotatable bonds is 1. The molecule has 0 saturated heterocycles. The molecule has 4 heteroatoms. The highest BCUT2D eigenvalue weighted by molar-refractivity contribution is 7.99. The standard InChI is InChI=1S/C17H12ClNS2/c18-12-6-7-14-13(10-12)16-15(8-9-20-14)21-17(19-16)11-4-2-1-3-5-11/h1-7,10H,8-9H2. The van der Waals surface area contributed by atoms with Gasteiger partial charge in [0, 0.05) is 31.7 Å². The molecule has 0 aliphatic carbocycles. The summed E-state index contributed by atoms with van der Waals surface area (Å²) >= 11 is 9.88. The lowest BCUT2D eigenvalue weighted by Crippen LogP contribution is -1.84. The average Bonchev–Trinajstić information content (AvgIpc) is 2.87. The van der Waals surface area contributed by atoms with E-state index in [0.717, 1.165) is 27.9 Å². The smallest absolute Gasteiger partial charge is 0.124 e. The molecule has 1 aromatic heterocycles. The van der Waals surface area contributed by atoms with Crippen molar-refractivity contribution >= 4 is 34.7 Å². The van der Waals surface area contributed by atoms with Gasteiger partial charge in [0.1, 0.15) is 5.01 Å². The second-order valence-corrected chi connectivity index (χ2v) is 7.55. The number of thiazole rings is 1. The number of halogens is 1. The number of benzene rings is 2. The number of nitrogens with zero attached hydrogens (tertiary/aromatic N) is 1. The van der Waals surface area contributed by atoms with Crippen LogP contribution in [0.15, 0.2) is 53.4 Å². The first-order chi connectivity index (χ1) is 10.3. The molecule has 0 atom stereocenters. The van der Waals surface area contributed by atoms with Gasteiger partial charge in [0.25, 0.3) is 0 Å². The van der Waals surface area contributed by atoms with Crippen LogP contribution in [0.1, 0.15) is 4.88 Å². The highest BCUT2D eigenvalue weighted by atomic mass is 35.5. The van der Waals surface area contributed by atoms with Gasteiger partial charge in [-0.2, -0.15) is 0 Å². The number of fused-ring (bicyclic) bond motifs is 3. The Balaban J connectivity index is 1.89. The Morgan fingerprint density at radius 3 is 2.76 bits per heavy atom. The van der Waals surface area contributed by atoms with Crippen molar-refractivity contribution in [2.75, 3.05) is 5.75 Å². The van der Waals surface area contributed by atoms with Gasteiger partial charge in [-0.15, -0.1) is 23.1 Å². The van der Waals surface area contributed by atoms with E-state index in [0.29, 0.717) is 0 Å². The summed E-state index contributed by atoms with van der Waals surface area (Å²) in [5.74, 6) is 1.10. The molecule has 0 saturated carbocycles.